The molecule has 2 aromatic heterocycles. The van der Waals surface area contributed by atoms with Gasteiger partial charge in [-0.15, -0.1) is 0 Å². The summed E-state index contributed by atoms with van der Waals surface area (Å²) in [7, 11) is 0. The Labute approximate surface area is 212 Å². The Bertz CT molecular complexity index is 1240. The molecule has 3 aromatic rings. The maximum absolute atomic E-state index is 12.5. The van der Waals surface area contributed by atoms with Gasteiger partial charge in [0.15, 0.2) is 6.10 Å². The fourth-order valence-corrected chi connectivity index (χ4v) is 5.27. The largest absolute Gasteiger partial charge is 0.479 e. The highest BCUT2D eigenvalue weighted by Gasteiger charge is 2.33. The van der Waals surface area contributed by atoms with E-state index in [4.69, 9.17) is 21.3 Å². The molecular formula is C28H36ClN3O3. The quantitative estimate of drug-likeness (QED) is 0.413. The molecule has 35 heavy (non-hydrogen) atoms. The van der Waals surface area contributed by atoms with Crippen molar-refractivity contribution in [2.45, 2.75) is 72.6 Å². The van der Waals surface area contributed by atoms with E-state index >= 15 is 0 Å². The van der Waals surface area contributed by atoms with Gasteiger partial charge in [-0.2, -0.15) is 0 Å². The fraction of sp³-hybridized carbons (Fsp3) is 0.500. The summed E-state index contributed by atoms with van der Waals surface area (Å²) in [6.07, 6.45) is 1.37. The molecule has 1 saturated heterocycles. The lowest BCUT2D eigenvalue weighted by Gasteiger charge is -2.28. The summed E-state index contributed by atoms with van der Waals surface area (Å²) < 4.78 is 8.41. The predicted molar refractivity (Wildman–Crippen MR) is 141 cm³/mol. The molecule has 1 aliphatic heterocycles. The first-order valence-corrected chi connectivity index (χ1v) is 12.7. The molecule has 4 rings (SSSR count). The zero-order chi connectivity index (χ0) is 25.5. The molecule has 0 radical (unpaired) electrons. The number of aromatic nitrogens is 2. The smallest absolute Gasteiger partial charge is 0.337 e. The number of carbonyl (C=O) groups is 1. The topological polar surface area (TPSA) is 67.6 Å². The third kappa shape index (κ3) is 5.25. The van der Waals surface area contributed by atoms with Gasteiger partial charge in [-0.05, 0) is 90.7 Å². The highest BCUT2D eigenvalue weighted by Crippen LogP contribution is 2.42. The van der Waals surface area contributed by atoms with Crippen LogP contribution in [0.4, 0.5) is 0 Å². The maximum Gasteiger partial charge on any atom is 0.337 e. The van der Waals surface area contributed by atoms with Crippen LogP contribution in [0.2, 0.25) is 5.02 Å². The minimum Gasteiger partial charge on any atom is -0.479 e. The summed E-state index contributed by atoms with van der Waals surface area (Å²) in [6, 6.07) is 7.59. The van der Waals surface area contributed by atoms with Gasteiger partial charge < -0.3 is 19.3 Å². The van der Waals surface area contributed by atoms with Crippen molar-refractivity contribution in [1.29, 1.82) is 0 Å². The van der Waals surface area contributed by atoms with Crippen LogP contribution in [0.15, 0.2) is 24.3 Å². The minimum absolute atomic E-state index is 0.599. The number of benzene rings is 1. The van der Waals surface area contributed by atoms with Gasteiger partial charge in [-0.3, -0.25) is 0 Å². The Kier molecular flexibility index (Phi) is 7.28. The van der Waals surface area contributed by atoms with Crippen LogP contribution < -0.4 is 0 Å². The van der Waals surface area contributed by atoms with Crippen LogP contribution in [-0.2, 0) is 16.1 Å². The van der Waals surface area contributed by atoms with Gasteiger partial charge in [0.25, 0.3) is 0 Å². The molecule has 1 atom stereocenters. The number of nitrogens with zero attached hydrogens (tertiary/aromatic N) is 3. The molecule has 0 amide bonds. The molecule has 1 aromatic carbocycles. The molecular weight excluding hydrogens is 462 g/mol. The van der Waals surface area contributed by atoms with Crippen LogP contribution in [0.3, 0.4) is 0 Å². The van der Waals surface area contributed by atoms with E-state index in [0.29, 0.717) is 16.3 Å². The number of likely N-dealkylation sites (tertiary alicyclic amines) is 1. The molecule has 3 heterocycles. The summed E-state index contributed by atoms with van der Waals surface area (Å²) in [5, 5.41) is 11.9. The molecule has 1 fully saturated rings. The number of hydrogen-bond donors (Lipinski definition) is 1. The number of hydrogen-bond acceptors (Lipinski definition) is 4. The standard InChI is InChI=1S/C28H36ClN3O3/c1-17-19(3)32(16-15-31-13-7-8-14-31)26-22(17)24(20-9-11-21(29)12-10-20)23(18(2)30-26)25(27(33)34)35-28(4,5)6/h9-12,25H,7-8,13-16H2,1-6H3,(H,33,34)/t25-/m0/s1. The zero-order valence-corrected chi connectivity index (χ0v) is 22.4. The van der Waals surface area contributed by atoms with Gasteiger partial charge in [0.2, 0.25) is 0 Å². The maximum atomic E-state index is 12.5. The number of carboxylic acids is 1. The zero-order valence-electron chi connectivity index (χ0n) is 21.6. The van der Waals surface area contributed by atoms with Gasteiger partial charge in [0.1, 0.15) is 5.65 Å². The summed E-state index contributed by atoms with van der Waals surface area (Å²) in [6.45, 7) is 15.9. The lowest BCUT2D eigenvalue weighted by molar-refractivity contribution is -0.160. The van der Waals surface area contributed by atoms with Crippen LogP contribution in [0.1, 0.15) is 62.2 Å². The second kappa shape index (κ2) is 9.92. The molecule has 0 bridgehead atoms. The number of pyridine rings is 1. The van der Waals surface area contributed by atoms with Gasteiger partial charge >= 0.3 is 5.97 Å². The van der Waals surface area contributed by atoms with Crippen molar-refractivity contribution in [3.8, 4) is 11.1 Å². The van der Waals surface area contributed by atoms with Gasteiger partial charge in [-0.25, -0.2) is 9.78 Å². The number of fused-ring (bicyclic) bond motifs is 1. The number of aryl methyl sites for hydroxylation is 2. The first kappa shape index (κ1) is 25.7. The van der Waals surface area contributed by atoms with Crippen molar-refractivity contribution < 1.29 is 14.6 Å². The lowest BCUT2D eigenvalue weighted by atomic mass is 9.91. The molecule has 0 unspecified atom stereocenters. The molecule has 0 saturated carbocycles. The summed E-state index contributed by atoms with van der Waals surface area (Å²) >= 11 is 6.21. The molecule has 1 aliphatic rings. The highest BCUT2D eigenvalue weighted by atomic mass is 35.5. The van der Waals surface area contributed by atoms with Crippen LogP contribution in [0.25, 0.3) is 22.2 Å². The van der Waals surface area contributed by atoms with Crippen molar-refractivity contribution in [2.75, 3.05) is 19.6 Å². The van der Waals surface area contributed by atoms with Gasteiger partial charge in [0, 0.05) is 46.0 Å². The molecule has 188 valence electrons. The average Bonchev–Trinajstić information content (AvgIpc) is 3.37. The normalized spacial score (nSPS) is 15.7. The second-order valence-corrected chi connectivity index (χ2v) is 11.0. The van der Waals surface area contributed by atoms with Crippen molar-refractivity contribution >= 4 is 28.6 Å². The van der Waals surface area contributed by atoms with E-state index in [2.05, 4.69) is 23.3 Å². The van der Waals surface area contributed by atoms with Crippen LogP contribution in [0.5, 0.6) is 0 Å². The Morgan fingerprint density at radius 3 is 2.31 bits per heavy atom. The Morgan fingerprint density at radius 1 is 1.11 bits per heavy atom. The monoisotopic (exact) mass is 497 g/mol. The first-order chi connectivity index (χ1) is 16.5. The second-order valence-electron chi connectivity index (χ2n) is 10.6. The van der Waals surface area contributed by atoms with Crippen molar-refractivity contribution in [1.82, 2.24) is 14.5 Å². The van der Waals surface area contributed by atoms with E-state index in [0.717, 1.165) is 59.6 Å². The van der Waals surface area contributed by atoms with E-state index in [-0.39, 0.29) is 0 Å². The summed E-state index contributed by atoms with van der Waals surface area (Å²) in [5.41, 5.74) is 5.55. The van der Waals surface area contributed by atoms with Crippen LogP contribution >= 0.6 is 11.6 Å². The number of ether oxygens (including phenoxy) is 1. The molecule has 6 nitrogen and oxygen atoms in total. The van der Waals surface area contributed by atoms with Crippen LogP contribution in [0, 0.1) is 20.8 Å². The minimum atomic E-state index is -1.15. The summed E-state index contributed by atoms with van der Waals surface area (Å²) in [5.74, 6) is -1.03. The Hall–Kier alpha value is -2.41. The highest BCUT2D eigenvalue weighted by molar-refractivity contribution is 6.30. The predicted octanol–water partition coefficient (Wildman–Crippen LogP) is 6.32. The molecule has 0 spiro atoms. The van der Waals surface area contributed by atoms with E-state index in [1.54, 1.807) is 0 Å². The Balaban J connectivity index is 1.98. The molecule has 7 heteroatoms. The number of aliphatic carboxylic acids is 1. The van der Waals surface area contributed by atoms with Crippen LogP contribution in [-0.4, -0.2) is 50.8 Å². The van der Waals surface area contributed by atoms with Crippen molar-refractivity contribution in [3.63, 3.8) is 0 Å². The third-order valence-electron chi connectivity index (χ3n) is 6.91. The van der Waals surface area contributed by atoms with Gasteiger partial charge in [0.05, 0.1) is 5.60 Å². The SMILES string of the molecule is Cc1nc2c(c(C)c(C)n2CCN2CCCC2)c(-c2ccc(Cl)cc2)c1[C@H](OC(C)(C)C)C(=O)O. The van der Waals surface area contributed by atoms with Crippen molar-refractivity contribution in [2.24, 2.45) is 0 Å². The van der Waals surface area contributed by atoms with E-state index < -0.39 is 17.7 Å². The van der Waals surface area contributed by atoms with E-state index in [9.17, 15) is 9.90 Å². The third-order valence-corrected chi connectivity index (χ3v) is 7.17. The van der Waals surface area contributed by atoms with E-state index in [1.807, 2.05) is 52.0 Å². The number of rotatable bonds is 7. The van der Waals surface area contributed by atoms with Gasteiger partial charge in [-0.1, -0.05) is 23.7 Å². The summed E-state index contributed by atoms with van der Waals surface area (Å²) in [4.78, 5) is 20.0. The Morgan fingerprint density at radius 2 is 1.74 bits per heavy atom. The average molecular weight is 498 g/mol. The first-order valence-electron chi connectivity index (χ1n) is 12.4. The number of carboxylic acid groups (broad SMARTS) is 1. The molecule has 0 aliphatic carbocycles. The molecule has 1 N–H and O–H groups in total. The lowest BCUT2D eigenvalue weighted by Crippen LogP contribution is -2.28. The van der Waals surface area contributed by atoms with E-state index in [1.165, 1.54) is 12.8 Å². The van der Waals surface area contributed by atoms with Crippen molar-refractivity contribution in [3.05, 3.63) is 51.8 Å². The fourth-order valence-electron chi connectivity index (χ4n) is 5.14. The number of halogens is 1.